The van der Waals surface area contributed by atoms with Gasteiger partial charge in [-0.25, -0.2) is 18.7 Å². The van der Waals surface area contributed by atoms with Crippen molar-refractivity contribution in [1.82, 2.24) is 9.97 Å². The van der Waals surface area contributed by atoms with Gasteiger partial charge in [0.25, 0.3) is 6.43 Å². The lowest BCUT2D eigenvalue weighted by molar-refractivity contribution is 0.0183. The topological polar surface area (TPSA) is 61.0 Å². The quantitative estimate of drug-likeness (QED) is 0.783. The summed E-state index contributed by atoms with van der Waals surface area (Å²) in [4.78, 5) is 8.42. The predicted octanol–water partition coefficient (Wildman–Crippen LogP) is 2.60. The smallest absolute Gasteiger partial charge is 0.261 e. The van der Waals surface area contributed by atoms with E-state index in [9.17, 15) is 8.78 Å². The van der Waals surface area contributed by atoms with Crippen molar-refractivity contribution in [3.63, 3.8) is 0 Å². The molecular formula is C11H16BrF2N3O. The van der Waals surface area contributed by atoms with Gasteiger partial charge in [0.2, 0.25) is 0 Å². The highest BCUT2D eigenvalue weighted by molar-refractivity contribution is 9.10. The lowest BCUT2D eigenvalue weighted by Gasteiger charge is -2.08. The van der Waals surface area contributed by atoms with Gasteiger partial charge in [-0.2, -0.15) is 0 Å². The summed E-state index contributed by atoms with van der Waals surface area (Å²) in [6.45, 7) is 1.64. The third kappa shape index (κ3) is 4.81. The molecule has 0 amide bonds. The third-order valence-corrected chi connectivity index (χ3v) is 3.06. The monoisotopic (exact) mass is 323 g/mol. The highest BCUT2D eigenvalue weighted by Gasteiger charge is 2.10. The molecule has 2 N–H and O–H groups in total. The minimum atomic E-state index is -2.45. The van der Waals surface area contributed by atoms with Gasteiger partial charge in [0.15, 0.2) is 0 Å². The molecule has 1 aromatic rings. The van der Waals surface area contributed by atoms with Crippen LogP contribution in [0.2, 0.25) is 0 Å². The summed E-state index contributed by atoms with van der Waals surface area (Å²) < 4.78 is 29.2. The van der Waals surface area contributed by atoms with Gasteiger partial charge in [0.1, 0.15) is 18.2 Å². The van der Waals surface area contributed by atoms with Crippen molar-refractivity contribution in [1.29, 1.82) is 0 Å². The minimum Gasteiger partial charge on any atom is -0.383 e. The molecule has 0 fully saturated rings. The van der Waals surface area contributed by atoms with Crippen molar-refractivity contribution >= 4 is 21.7 Å². The van der Waals surface area contributed by atoms with E-state index in [-0.39, 0.29) is 6.61 Å². The molecule has 102 valence electrons. The van der Waals surface area contributed by atoms with Gasteiger partial charge >= 0.3 is 0 Å². The average molecular weight is 324 g/mol. The van der Waals surface area contributed by atoms with Gasteiger partial charge in [0, 0.05) is 6.42 Å². The number of halogens is 3. The Morgan fingerprint density at radius 2 is 2.06 bits per heavy atom. The zero-order valence-corrected chi connectivity index (χ0v) is 11.7. The van der Waals surface area contributed by atoms with Crippen LogP contribution in [0.1, 0.15) is 24.9 Å². The van der Waals surface area contributed by atoms with E-state index in [1.807, 2.05) is 6.92 Å². The number of aromatic nitrogens is 2. The number of nitrogens with zero attached hydrogens (tertiary/aromatic N) is 2. The van der Waals surface area contributed by atoms with Crippen molar-refractivity contribution in [2.24, 2.45) is 0 Å². The van der Waals surface area contributed by atoms with Crippen LogP contribution in [0.25, 0.3) is 0 Å². The Morgan fingerprint density at radius 1 is 1.33 bits per heavy atom. The van der Waals surface area contributed by atoms with E-state index in [2.05, 4.69) is 25.9 Å². The number of alkyl halides is 2. The maximum absolute atomic E-state index is 11.9. The Kier molecular flexibility index (Phi) is 6.42. The maximum atomic E-state index is 11.9. The van der Waals surface area contributed by atoms with Crippen LogP contribution in [-0.2, 0) is 17.6 Å². The van der Waals surface area contributed by atoms with Gasteiger partial charge in [-0.15, -0.1) is 0 Å². The number of ether oxygens (including phenoxy) is 1. The van der Waals surface area contributed by atoms with Crippen molar-refractivity contribution in [3.8, 4) is 0 Å². The van der Waals surface area contributed by atoms with Crippen LogP contribution in [0.15, 0.2) is 4.47 Å². The van der Waals surface area contributed by atoms with Gasteiger partial charge in [0.05, 0.1) is 16.8 Å². The van der Waals surface area contributed by atoms with Crippen LogP contribution in [-0.4, -0.2) is 29.6 Å². The summed E-state index contributed by atoms with van der Waals surface area (Å²) in [5, 5.41) is 0. The van der Waals surface area contributed by atoms with Crippen LogP contribution in [0.4, 0.5) is 14.6 Å². The Morgan fingerprint density at radius 3 is 2.67 bits per heavy atom. The van der Waals surface area contributed by atoms with Crippen molar-refractivity contribution in [3.05, 3.63) is 16.0 Å². The fraction of sp³-hybridized carbons (Fsp3) is 0.636. The van der Waals surface area contributed by atoms with Gasteiger partial charge in [-0.3, -0.25) is 0 Å². The molecule has 0 aliphatic rings. The molecule has 0 aliphatic carbocycles. The molecule has 0 atom stereocenters. The van der Waals surface area contributed by atoms with E-state index in [4.69, 9.17) is 10.5 Å². The summed E-state index contributed by atoms with van der Waals surface area (Å²) in [6, 6.07) is 0. The van der Waals surface area contributed by atoms with E-state index < -0.39 is 13.0 Å². The molecule has 0 aromatic carbocycles. The van der Waals surface area contributed by atoms with Crippen LogP contribution in [0.3, 0.4) is 0 Å². The normalized spacial score (nSPS) is 11.2. The maximum Gasteiger partial charge on any atom is 0.261 e. The van der Waals surface area contributed by atoms with Crippen LogP contribution >= 0.6 is 15.9 Å². The van der Waals surface area contributed by atoms with E-state index in [1.165, 1.54) is 0 Å². The first-order valence-corrected chi connectivity index (χ1v) is 6.50. The Labute approximate surface area is 113 Å². The molecule has 1 heterocycles. The Hall–Kier alpha value is -0.820. The van der Waals surface area contributed by atoms with Crippen LogP contribution in [0, 0.1) is 0 Å². The van der Waals surface area contributed by atoms with Gasteiger partial charge in [-0.1, -0.05) is 13.3 Å². The number of anilines is 1. The molecular weight excluding hydrogens is 308 g/mol. The molecule has 0 aliphatic heterocycles. The highest BCUT2D eigenvalue weighted by atomic mass is 79.9. The molecule has 7 heteroatoms. The first kappa shape index (κ1) is 15.2. The van der Waals surface area contributed by atoms with Crippen molar-refractivity contribution in [2.75, 3.05) is 18.9 Å². The summed E-state index contributed by atoms with van der Waals surface area (Å²) >= 11 is 3.34. The number of hydrogen-bond acceptors (Lipinski definition) is 4. The molecule has 1 rings (SSSR count). The third-order valence-electron chi connectivity index (χ3n) is 2.19. The Balaban J connectivity index is 2.60. The summed E-state index contributed by atoms with van der Waals surface area (Å²) in [7, 11) is 0. The molecule has 0 radical (unpaired) electrons. The van der Waals surface area contributed by atoms with Crippen LogP contribution in [0.5, 0.6) is 0 Å². The largest absolute Gasteiger partial charge is 0.383 e. The summed E-state index contributed by atoms with van der Waals surface area (Å²) in [5.41, 5.74) is 6.59. The molecule has 0 saturated heterocycles. The highest BCUT2D eigenvalue weighted by Crippen LogP contribution is 2.22. The number of aryl methyl sites for hydroxylation is 1. The number of nitrogen functional groups attached to an aromatic ring is 1. The molecule has 4 nitrogen and oxygen atoms in total. The number of rotatable bonds is 7. The van der Waals surface area contributed by atoms with E-state index >= 15 is 0 Å². The number of hydrogen-bond donors (Lipinski definition) is 1. The lowest BCUT2D eigenvalue weighted by Crippen LogP contribution is -2.11. The van der Waals surface area contributed by atoms with E-state index in [1.54, 1.807) is 0 Å². The fourth-order valence-electron chi connectivity index (χ4n) is 1.42. The van der Waals surface area contributed by atoms with Crippen molar-refractivity contribution in [2.45, 2.75) is 32.6 Å². The summed E-state index contributed by atoms with van der Waals surface area (Å²) in [5.74, 6) is 0.894. The predicted molar refractivity (Wildman–Crippen MR) is 68.7 cm³/mol. The van der Waals surface area contributed by atoms with E-state index in [0.29, 0.717) is 22.5 Å². The average Bonchev–Trinajstić information content (AvgIpc) is 2.31. The van der Waals surface area contributed by atoms with Crippen LogP contribution < -0.4 is 5.73 Å². The number of nitrogens with two attached hydrogens (primary N) is 1. The zero-order chi connectivity index (χ0) is 13.5. The minimum absolute atomic E-state index is 0.164. The second-order valence-corrected chi connectivity index (χ2v) is 4.54. The molecule has 18 heavy (non-hydrogen) atoms. The zero-order valence-electron chi connectivity index (χ0n) is 10.1. The standard InChI is InChI=1S/C11H16BrF2N3O/c1-2-3-7-10(12)11(15)17-9(16-7)4-5-18-6-8(13)14/h8H,2-6H2,1H3,(H2,15,16,17). The molecule has 0 spiro atoms. The van der Waals surface area contributed by atoms with Crippen molar-refractivity contribution < 1.29 is 13.5 Å². The first-order chi connectivity index (χ1) is 8.54. The second-order valence-electron chi connectivity index (χ2n) is 3.75. The van der Waals surface area contributed by atoms with Gasteiger partial charge < -0.3 is 10.5 Å². The van der Waals surface area contributed by atoms with E-state index in [0.717, 1.165) is 18.5 Å². The molecule has 0 saturated carbocycles. The fourth-order valence-corrected chi connectivity index (χ4v) is 1.79. The SMILES string of the molecule is CCCc1nc(CCOCC(F)F)nc(N)c1Br. The molecule has 0 unspecified atom stereocenters. The van der Waals surface area contributed by atoms with Gasteiger partial charge in [-0.05, 0) is 22.4 Å². The molecule has 0 bridgehead atoms. The summed E-state index contributed by atoms with van der Waals surface area (Å²) in [6.07, 6.45) is -0.341. The Bertz CT molecular complexity index is 391. The first-order valence-electron chi connectivity index (χ1n) is 5.71. The second kappa shape index (κ2) is 7.58. The molecule has 1 aromatic heterocycles. The lowest BCUT2D eigenvalue weighted by atomic mass is 10.2.